The van der Waals surface area contributed by atoms with E-state index in [0.29, 0.717) is 5.75 Å². The van der Waals surface area contributed by atoms with Gasteiger partial charge in [-0.3, -0.25) is 0 Å². The zero-order valence-corrected chi connectivity index (χ0v) is 15.2. The van der Waals surface area contributed by atoms with Gasteiger partial charge in [-0.25, -0.2) is 4.79 Å². The maximum atomic E-state index is 11.0. The third kappa shape index (κ3) is 10.2. The van der Waals surface area contributed by atoms with E-state index in [1.54, 1.807) is 24.3 Å². The molecule has 1 aromatic rings. The molecule has 0 aliphatic carbocycles. The molecule has 0 aliphatic heterocycles. The first-order valence-electron chi connectivity index (χ1n) is 9.23. The van der Waals surface area contributed by atoms with Gasteiger partial charge in [0, 0.05) is 0 Å². The Morgan fingerprint density at radius 2 is 1.64 bits per heavy atom. The van der Waals surface area contributed by atoms with E-state index in [1.165, 1.54) is 57.3 Å². The van der Waals surface area contributed by atoms with Crippen molar-refractivity contribution in [2.75, 3.05) is 0 Å². The Bertz CT molecular complexity index is 570. The number of aromatic carboxylic acids is 1. The molecule has 0 saturated carbocycles. The molecule has 0 aliphatic rings. The second-order valence-electron chi connectivity index (χ2n) is 5.97. The lowest BCUT2D eigenvalue weighted by atomic mass is 10.1. The number of carbonyl (C=O) groups is 1. The normalized spacial score (nSPS) is 11.7. The van der Waals surface area contributed by atoms with Crippen LogP contribution in [0, 0.1) is 0 Å². The Hall–Kier alpha value is -2.29. The standard InChI is InChI=1S/C22H30O3/c1-2-3-4-5-6-7-8-9-10-11-12-13-16-19-25-21-18-15-14-17-20(21)22(23)24/h10-19H,2-9H2,1H3,(H,23,24). The number of unbranched alkanes of at least 4 members (excludes halogenated alkanes) is 7. The monoisotopic (exact) mass is 342 g/mol. The largest absolute Gasteiger partial charge is 0.478 e. The fraction of sp³-hybridized carbons (Fsp3) is 0.409. The summed E-state index contributed by atoms with van der Waals surface area (Å²) in [5, 5.41) is 9.05. The van der Waals surface area contributed by atoms with Crippen LogP contribution in [0.15, 0.2) is 60.9 Å². The van der Waals surface area contributed by atoms with E-state index in [4.69, 9.17) is 9.84 Å². The number of ether oxygens (including phenoxy) is 1. The quantitative estimate of drug-likeness (QED) is 0.252. The molecule has 0 aromatic heterocycles. The average molecular weight is 342 g/mol. The van der Waals surface area contributed by atoms with E-state index >= 15 is 0 Å². The van der Waals surface area contributed by atoms with Gasteiger partial charge in [0.2, 0.25) is 0 Å². The van der Waals surface area contributed by atoms with Gasteiger partial charge in [0.1, 0.15) is 11.3 Å². The van der Waals surface area contributed by atoms with Gasteiger partial charge in [-0.1, -0.05) is 81.9 Å². The molecule has 1 aromatic carbocycles. The van der Waals surface area contributed by atoms with Crippen molar-refractivity contribution in [1.29, 1.82) is 0 Å². The molecule has 0 unspecified atom stereocenters. The van der Waals surface area contributed by atoms with Crippen LogP contribution in [0.2, 0.25) is 0 Å². The third-order valence-corrected chi connectivity index (χ3v) is 3.83. The van der Waals surface area contributed by atoms with Gasteiger partial charge in [0.25, 0.3) is 0 Å². The van der Waals surface area contributed by atoms with Crippen molar-refractivity contribution >= 4 is 5.97 Å². The highest BCUT2D eigenvalue weighted by atomic mass is 16.5. The number of hydrogen-bond donors (Lipinski definition) is 1. The van der Waals surface area contributed by atoms with Gasteiger partial charge in [-0.05, 0) is 31.1 Å². The number of benzene rings is 1. The predicted octanol–water partition coefficient (Wildman–Crippen LogP) is 6.53. The van der Waals surface area contributed by atoms with Gasteiger partial charge in [-0.2, -0.15) is 0 Å². The van der Waals surface area contributed by atoms with E-state index < -0.39 is 5.97 Å². The molecule has 3 heteroatoms. The summed E-state index contributed by atoms with van der Waals surface area (Å²) in [5.74, 6) is -0.651. The minimum atomic E-state index is -0.993. The Morgan fingerprint density at radius 1 is 0.960 bits per heavy atom. The number of allylic oxidation sites excluding steroid dienone is 5. The first kappa shape index (κ1) is 20.8. The van der Waals surface area contributed by atoms with Crippen LogP contribution >= 0.6 is 0 Å². The smallest absolute Gasteiger partial charge is 0.339 e. The summed E-state index contributed by atoms with van der Waals surface area (Å²) >= 11 is 0. The Balaban J connectivity index is 2.15. The molecule has 3 nitrogen and oxygen atoms in total. The van der Waals surface area contributed by atoms with Crippen LogP contribution < -0.4 is 4.74 Å². The van der Waals surface area contributed by atoms with E-state index in [-0.39, 0.29) is 5.56 Å². The molecule has 0 fully saturated rings. The highest BCUT2D eigenvalue weighted by molar-refractivity contribution is 5.90. The number of hydrogen-bond acceptors (Lipinski definition) is 2. The van der Waals surface area contributed by atoms with Gasteiger partial charge in [0.05, 0.1) is 6.26 Å². The van der Waals surface area contributed by atoms with Gasteiger partial charge >= 0.3 is 5.97 Å². The molecule has 0 spiro atoms. The zero-order chi connectivity index (χ0) is 18.2. The van der Waals surface area contributed by atoms with Crippen LogP contribution in [-0.4, -0.2) is 11.1 Å². The average Bonchev–Trinajstić information content (AvgIpc) is 2.62. The van der Waals surface area contributed by atoms with Gasteiger partial charge in [-0.15, -0.1) is 0 Å². The first-order valence-corrected chi connectivity index (χ1v) is 9.23. The lowest BCUT2D eigenvalue weighted by molar-refractivity contribution is 0.0694. The summed E-state index contributed by atoms with van der Waals surface area (Å²) in [7, 11) is 0. The minimum absolute atomic E-state index is 0.158. The highest BCUT2D eigenvalue weighted by Gasteiger charge is 2.08. The van der Waals surface area contributed by atoms with E-state index in [2.05, 4.69) is 13.0 Å². The number of carboxylic acid groups (broad SMARTS) is 1. The number of carboxylic acids is 1. The number of rotatable bonds is 13. The lowest BCUT2D eigenvalue weighted by Gasteiger charge is -2.03. The van der Waals surface area contributed by atoms with E-state index in [0.717, 1.165) is 6.42 Å². The Kier molecular flexibility index (Phi) is 11.7. The molecular formula is C22H30O3. The van der Waals surface area contributed by atoms with Crippen LogP contribution in [0.1, 0.15) is 68.6 Å². The third-order valence-electron chi connectivity index (χ3n) is 3.83. The second-order valence-corrected chi connectivity index (χ2v) is 5.97. The summed E-state index contributed by atoms with van der Waals surface area (Å²) in [4.78, 5) is 11.0. The SMILES string of the molecule is CCCCCCCCCC=CC=CC=COc1ccccc1C(=O)O. The molecule has 1 rings (SSSR count). The lowest BCUT2D eigenvalue weighted by Crippen LogP contribution is -1.99. The van der Waals surface area contributed by atoms with Gasteiger partial charge < -0.3 is 9.84 Å². The molecule has 0 saturated heterocycles. The van der Waals surface area contributed by atoms with Crippen molar-refractivity contribution in [2.45, 2.75) is 58.3 Å². The van der Waals surface area contributed by atoms with Crippen molar-refractivity contribution < 1.29 is 14.6 Å². The fourth-order valence-electron chi connectivity index (χ4n) is 2.43. The van der Waals surface area contributed by atoms with Crippen molar-refractivity contribution in [2.24, 2.45) is 0 Å². The Morgan fingerprint density at radius 3 is 2.40 bits per heavy atom. The topological polar surface area (TPSA) is 46.5 Å². The van der Waals surface area contributed by atoms with Crippen LogP contribution in [0.4, 0.5) is 0 Å². The highest BCUT2D eigenvalue weighted by Crippen LogP contribution is 2.17. The van der Waals surface area contributed by atoms with Gasteiger partial charge in [0.15, 0.2) is 0 Å². The maximum absolute atomic E-state index is 11.0. The Labute approximate surface area is 151 Å². The molecule has 0 radical (unpaired) electrons. The van der Waals surface area contributed by atoms with Crippen LogP contribution in [0.25, 0.3) is 0 Å². The minimum Gasteiger partial charge on any atom is -0.478 e. The van der Waals surface area contributed by atoms with Crippen LogP contribution in [0.5, 0.6) is 5.75 Å². The predicted molar refractivity (Wildman–Crippen MR) is 104 cm³/mol. The fourth-order valence-corrected chi connectivity index (χ4v) is 2.43. The van der Waals surface area contributed by atoms with Crippen molar-refractivity contribution in [1.82, 2.24) is 0 Å². The van der Waals surface area contributed by atoms with E-state index in [9.17, 15) is 4.79 Å². The second kappa shape index (κ2) is 14.1. The number of para-hydroxylation sites is 1. The summed E-state index contributed by atoms with van der Waals surface area (Å²) in [6.07, 6.45) is 21.7. The molecule has 0 amide bonds. The molecule has 0 heterocycles. The molecule has 0 atom stereocenters. The van der Waals surface area contributed by atoms with Crippen LogP contribution in [-0.2, 0) is 0 Å². The van der Waals surface area contributed by atoms with Crippen molar-refractivity contribution in [3.8, 4) is 5.75 Å². The first-order chi connectivity index (χ1) is 12.3. The molecule has 136 valence electrons. The maximum Gasteiger partial charge on any atom is 0.339 e. The molecule has 0 bridgehead atoms. The molecular weight excluding hydrogens is 312 g/mol. The summed E-state index contributed by atoms with van der Waals surface area (Å²) in [6.45, 7) is 2.24. The van der Waals surface area contributed by atoms with Crippen molar-refractivity contribution in [3.63, 3.8) is 0 Å². The van der Waals surface area contributed by atoms with Crippen LogP contribution in [0.3, 0.4) is 0 Å². The molecule has 1 N–H and O–H groups in total. The molecule has 25 heavy (non-hydrogen) atoms. The summed E-state index contributed by atoms with van der Waals surface area (Å²) in [5.41, 5.74) is 0.158. The summed E-state index contributed by atoms with van der Waals surface area (Å²) in [6, 6.07) is 6.58. The van der Waals surface area contributed by atoms with E-state index in [1.807, 2.05) is 18.2 Å². The summed E-state index contributed by atoms with van der Waals surface area (Å²) < 4.78 is 5.36. The zero-order valence-electron chi connectivity index (χ0n) is 15.2. The van der Waals surface area contributed by atoms with Crippen molar-refractivity contribution in [3.05, 3.63) is 66.5 Å².